The summed E-state index contributed by atoms with van der Waals surface area (Å²) in [5.74, 6) is 0. The molecule has 10 rings (SSSR count). The Morgan fingerprint density at radius 1 is 0.474 bits per heavy atom. The zero-order valence-electron chi connectivity index (χ0n) is 32.2. The van der Waals surface area contributed by atoms with Gasteiger partial charge in [-0.1, -0.05) is 127 Å². The Labute approximate surface area is 334 Å². The van der Waals surface area contributed by atoms with Gasteiger partial charge in [0.1, 0.15) is 0 Å². The molecule has 0 saturated carbocycles. The van der Waals surface area contributed by atoms with Crippen molar-refractivity contribution in [2.75, 3.05) is 15.5 Å². The quantitative estimate of drug-likeness (QED) is 0.125. The van der Waals surface area contributed by atoms with Gasteiger partial charge in [-0.25, -0.2) is 0 Å². The number of benzene rings is 9. The number of para-hydroxylation sites is 1. The molecule has 2 N–H and O–H groups in total. The van der Waals surface area contributed by atoms with E-state index < -0.39 is 0 Å². The molecule has 0 aromatic heterocycles. The van der Waals surface area contributed by atoms with Gasteiger partial charge in [-0.2, -0.15) is 0 Å². The lowest BCUT2D eigenvalue weighted by Gasteiger charge is -2.33. The summed E-state index contributed by atoms with van der Waals surface area (Å²) >= 11 is 0. The van der Waals surface area contributed by atoms with Gasteiger partial charge in [0.05, 0.1) is 6.04 Å². The van der Waals surface area contributed by atoms with Crippen LogP contribution in [-0.2, 0) is 0 Å². The Morgan fingerprint density at radius 3 is 1.79 bits per heavy atom. The van der Waals surface area contributed by atoms with Crippen molar-refractivity contribution in [2.24, 2.45) is 0 Å². The van der Waals surface area contributed by atoms with E-state index in [1.165, 1.54) is 60.6 Å². The third kappa shape index (κ3) is 6.18. The molecule has 1 aliphatic rings. The highest BCUT2D eigenvalue weighted by Crippen LogP contribution is 2.45. The molecule has 0 saturated heterocycles. The van der Waals surface area contributed by atoms with E-state index in [9.17, 15) is 0 Å². The molecule has 0 fully saturated rings. The minimum absolute atomic E-state index is 0.245. The molecule has 1 atom stereocenters. The van der Waals surface area contributed by atoms with Crippen LogP contribution in [0.2, 0.25) is 0 Å². The van der Waals surface area contributed by atoms with Gasteiger partial charge in [-0.3, -0.25) is 0 Å². The third-order valence-corrected chi connectivity index (χ3v) is 11.6. The van der Waals surface area contributed by atoms with Crippen LogP contribution in [0.1, 0.15) is 17.5 Å². The molecule has 57 heavy (non-hydrogen) atoms. The van der Waals surface area contributed by atoms with Crippen molar-refractivity contribution in [1.82, 2.24) is 0 Å². The van der Waals surface area contributed by atoms with Crippen molar-refractivity contribution in [3.8, 4) is 22.3 Å². The summed E-state index contributed by atoms with van der Waals surface area (Å²) in [4.78, 5) is 4.77. The first-order valence-electron chi connectivity index (χ1n) is 19.8. The topological polar surface area (TPSA) is 32.5 Å². The zero-order chi connectivity index (χ0) is 38.5. The van der Waals surface area contributed by atoms with E-state index in [1.807, 2.05) is 0 Å². The first-order valence-corrected chi connectivity index (χ1v) is 19.8. The van der Waals surface area contributed by atoms with E-state index in [2.05, 4.69) is 218 Å². The predicted molar refractivity (Wildman–Crippen MR) is 245 cm³/mol. The lowest BCUT2D eigenvalue weighted by atomic mass is 9.86. The summed E-state index contributed by atoms with van der Waals surface area (Å²) in [6, 6.07) is 62.1. The fourth-order valence-electron chi connectivity index (χ4n) is 8.87. The fourth-order valence-corrected chi connectivity index (χ4v) is 8.87. The first kappa shape index (κ1) is 34.4. The molecule has 0 amide bonds. The monoisotopic (exact) mass is 733 g/mol. The Kier molecular flexibility index (Phi) is 8.57. The summed E-state index contributed by atoms with van der Waals surface area (Å²) in [6.07, 6.45) is 9.81. The standard InChI is InChI=1S/C54H43N3/c1-36-11-9-17-45(33-36)56(41-13-5-3-6-14-41)43-25-19-38(20-26-43)47-29-23-40-24-30-49-51(35-52(55)50-32-31-48(47)53(40)54(49)50)39-21-27-44(28-22-39)57(42-15-7-4-8-16-42)46-18-10-12-37(2)34-46/h3-15,17-35,42H,16,55H2,1-2H3. The van der Waals surface area contributed by atoms with Crippen molar-refractivity contribution in [2.45, 2.75) is 26.3 Å². The van der Waals surface area contributed by atoms with Crippen LogP contribution in [0.3, 0.4) is 0 Å². The highest BCUT2D eigenvalue weighted by molar-refractivity contribution is 6.29. The zero-order valence-corrected chi connectivity index (χ0v) is 32.2. The molecule has 1 aliphatic carbocycles. The van der Waals surface area contributed by atoms with Gasteiger partial charge < -0.3 is 15.5 Å². The minimum atomic E-state index is 0.245. The molecule has 1 unspecified atom stereocenters. The van der Waals surface area contributed by atoms with Crippen LogP contribution in [-0.4, -0.2) is 6.04 Å². The third-order valence-electron chi connectivity index (χ3n) is 11.6. The molecule has 3 nitrogen and oxygen atoms in total. The molecule has 0 heterocycles. The van der Waals surface area contributed by atoms with Crippen LogP contribution >= 0.6 is 0 Å². The van der Waals surface area contributed by atoms with E-state index >= 15 is 0 Å². The van der Waals surface area contributed by atoms with E-state index in [0.717, 1.165) is 45.7 Å². The Bertz CT molecular complexity index is 2960. The number of anilines is 6. The summed E-state index contributed by atoms with van der Waals surface area (Å²) in [6.45, 7) is 4.30. The van der Waals surface area contributed by atoms with Gasteiger partial charge >= 0.3 is 0 Å². The molecule has 0 spiro atoms. The maximum Gasteiger partial charge on any atom is 0.0559 e. The molecule has 9 aromatic rings. The molecular weight excluding hydrogens is 691 g/mol. The average Bonchev–Trinajstić information content (AvgIpc) is 3.25. The summed E-state index contributed by atoms with van der Waals surface area (Å²) in [5.41, 5.74) is 20.7. The van der Waals surface area contributed by atoms with Gasteiger partial charge in [0.2, 0.25) is 0 Å². The number of rotatable bonds is 8. The molecule has 0 radical (unpaired) electrons. The van der Waals surface area contributed by atoms with E-state index in [4.69, 9.17) is 5.73 Å². The van der Waals surface area contributed by atoms with Gasteiger partial charge in [0.15, 0.2) is 0 Å². The summed E-state index contributed by atoms with van der Waals surface area (Å²) in [7, 11) is 0. The lowest BCUT2D eigenvalue weighted by Crippen LogP contribution is -2.29. The van der Waals surface area contributed by atoms with Crippen molar-refractivity contribution < 1.29 is 0 Å². The lowest BCUT2D eigenvalue weighted by molar-refractivity contribution is 0.785. The highest BCUT2D eigenvalue weighted by Gasteiger charge is 2.21. The normalized spacial score (nSPS) is 13.8. The molecular formula is C54H43N3. The Hall–Kier alpha value is -7.10. The van der Waals surface area contributed by atoms with Gasteiger partial charge in [-0.15, -0.1) is 0 Å². The molecule has 274 valence electrons. The van der Waals surface area contributed by atoms with Crippen molar-refractivity contribution >= 4 is 66.4 Å². The van der Waals surface area contributed by atoms with Crippen LogP contribution in [0.25, 0.3) is 54.6 Å². The van der Waals surface area contributed by atoms with Crippen LogP contribution < -0.4 is 15.5 Å². The van der Waals surface area contributed by atoms with E-state index in [1.54, 1.807) is 0 Å². The fraction of sp³-hybridized carbons (Fsp3) is 0.0741. The number of nitrogens with two attached hydrogens (primary N) is 1. The second-order valence-electron chi connectivity index (χ2n) is 15.3. The van der Waals surface area contributed by atoms with E-state index in [0.29, 0.717) is 0 Å². The van der Waals surface area contributed by atoms with Crippen LogP contribution in [0.4, 0.5) is 34.1 Å². The minimum Gasteiger partial charge on any atom is -0.398 e. The number of nitrogens with zero attached hydrogens (tertiary/aromatic N) is 2. The second kappa shape index (κ2) is 14.2. The number of hydrogen-bond acceptors (Lipinski definition) is 3. The van der Waals surface area contributed by atoms with Gasteiger partial charge in [0, 0.05) is 44.9 Å². The highest BCUT2D eigenvalue weighted by atomic mass is 15.2. The first-order chi connectivity index (χ1) is 28.0. The largest absolute Gasteiger partial charge is 0.398 e. The molecule has 0 aliphatic heterocycles. The van der Waals surface area contributed by atoms with Crippen molar-refractivity contribution in [1.29, 1.82) is 0 Å². The number of aryl methyl sites for hydroxylation is 2. The number of hydrogen-bond donors (Lipinski definition) is 1. The summed E-state index contributed by atoms with van der Waals surface area (Å²) < 4.78 is 0. The number of allylic oxidation sites excluding steroid dienone is 2. The maximum atomic E-state index is 6.94. The van der Waals surface area contributed by atoms with Crippen LogP contribution in [0.5, 0.6) is 0 Å². The average molecular weight is 734 g/mol. The van der Waals surface area contributed by atoms with E-state index in [-0.39, 0.29) is 6.04 Å². The molecule has 3 heteroatoms. The second-order valence-corrected chi connectivity index (χ2v) is 15.3. The van der Waals surface area contributed by atoms with Crippen LogP contribution in [0.15, 0.2) is 194 Å². The Balaban J connectivity index is 1.05. The molecule has 9 aromatic carbocycles. The van der Waals surface area contributed by atoms with Crippen molar-refractivity contribution in [3.05, 3.63) is 205 Å². The van der Waals surface area contributed by atoms with Crippen molar-refractivity contribution in [3.63, 3.8) is 0 Å². The maximum absolute atomic E-state index is 6.94. The van der Waals surface area contributed by atoms with Gasteiger partial charge in [-0.05, 0) is 142 Å². The Morgan fingerprint density at radius 2 is 1.07 bits per heavy atom. The SMILES string of the molecule is Cc1cccc(N(c2ccccc2)c2ccc(-c3ccc4ccc5c(-c6ccc(N(c7cccc(C)c7)C7C=CC=CC7)cc6)cc(N)c6ccc3c4c65)cc2)c1. The predicted octanol–water partition coefficient (Wildman–Crippen LogP) is 14.6. The van der Waals surface area contributed by atoms with Crippen LogP contribution in [0, 0.1) is 13.8 Å². The van der Waals surface area contributed by atoms with Gasteiger partial charge in [0.25, 0.3) is 0 Å². The summed E-state index contributed by atoms with van der Waals surface area (Å²) in [5, 5.41) is 7.23. The smallest absolute Gasteiger partial charge is 0.0559 e. The molecule has 0 bridgehead atoms. The number of nitrogen functional groups attached to an aromatic ring is 1.